The molecule has 0 aliphatic carbocycles. The van der Waals surface area contributed by atoms with Crippen LogP contribution in [0.15, 0.2) is 24.3 Å². The number of carbonyl (C=O) groups excluding carboxylic acids is 1. The molecule has 0 radical (unpaired) electrons. The number of anilines is 1. The van der Waals surface area contributed by atoms with Crippen molar-refractivity contribution >= 4 is 11.6 Å². The number of rotatable bonds is 6. The van der Waals surface area contributed by atoms with Crippen molar-refractivity contribution in [1.82, 2.24) is 5.32 Å². The van der Waals surface area contributed by atoms with Crippen molar-refractivity contribution in [2.45, 2.75) is 19.9 Å². The van der Waals surface area contributed by atoms with Crippen LogP contribution >= 0.6 is 0 Å². The summed E-state index contributed by atoms with van der Waals surface area (Å²) in [5.41, 5.74) is 7.43. The van der Waals surface area contributed by atoms with Crippen molar-refractivity contribution in [3.8, 4) is 0 Å². The summed E-state index contributed by atoms with van der Waals surface area (Å²) >= 11 is 0. The number of hydrogen-bond acceptors (Lipinski definition) is 3. The Morgan fingerprint density at radius 2 is 2.00 bits per heavy atom. The maximum absolute atomic E-state index is 10.8. The lowest BCUT2D eigenvalue weighted by molar-refractivity contribution is -0.114. The number of nitrogens with one attached hydrogen (secondary N) is 2. The predicted octanol–water partition coefficient (Wildman–Crippen LogP) is 1.08. The summed E-state index contributed by atoms with van der Waals surface area (Å²) in [7, 11) is 0. The minimum atomic E-state index is -0.0474. The summed E-state index contributed by atoms with van der Waals surface area (Å²) in [6.45, 7) is 3.99. The first-order valence-corrected chi connectivity index (χ1v) is 5.49. The highest BCUT2D eigenvalue weighted by molar-refractivity contribution is 5.88. The van der Waals surface area contributed by atoms with Crippen LogP contribution in [0.5, 0.6) is 0 Å². The van der Waals surface area contributed by atoms with Crippen molar-refractivity contribution in [2.24, 2.45) is 5.73 Å². The highest BCUT2D eigenvalue weighted by Gasteiger charge is 1.96. The van der Waals surface area contributed by atoms with E-state index in [-0.39, 0.29) is 5.91 Å². The summed E-state index contributed by atoms with van der Waals surface area (Å²) in [5, 5.41) is 6.03. The van der Waals surface area contributed by atoms with Gasteiger partial charge in [-0.2, -0.15) is 0 Å². The van der Waals surface area contributed by atoms with Crippen molar-refractivity contribution in [3.05, 3.63) is 29.8 Å². The number of hydrogen-bond donors (Lipinski definition) is 3. The Bertz CT molecular complexity index is 322. The number of benzene rings is 1. The van der Waals surface area contributed by atoms with E-state index in [2.05, 4.69) is 10.6 Å². The van der Waals surface area contributed by atoms with Gasteiger partial charge >= 0.3 is 0 Å². The fourth-order valence-electron chi connectivity index (χ4n) is 1.37. The van der Waals surface area contributed by atoms with Gasteiger partial charge in [-0.15, -0.1) is 0 Å². The maximum Gasteiger partial charge on any atom is 0.221 e. The highest BCUT2D eigenvalue weighted by Crippen LogP contribution is 2.09. The van der Waals surface area contributed by atoms with E-state index in [1.54, 1.807) is 0 Å². The Balaban J connectivity index is 2.36. The first-order chi connectivity index (χ1) is 7.72. The summed E-state index contributed by atoms with van der Waals surface area (Å²) < 4.78 is 0. The van der Waals surface area contributed by atoms with E-state index < -0.39 is 0 Å². The van der Waals surface area contributed by atoms with Gasteiger partial charge in [0, 0.05) is 19.2 Å². The third-order valence-electron chi connectivity index (χ3n) is 2.16. The van der Waals surface area contributed by atoms with E-state index >= 15 is 0 Å². The third kappa shape index (κ3) is 4.91. The fourth-order valence-corrected chi connectivity index (χ4v) is 1.37. The fraction of sp³-hybridized carbons (Fsp3) is 0.417. The van der Waals surface area contributed by atoms with Crippen LogP contribution in [0.25, 0.3) is 0 Å². The highest BCUT2D eigenvalue weighted by atomic mass is 16.1. The molecule has 88 valence electrons. The van der Waals surface area contributed by atoms with E-state index in [9.17, 15) is 4.79 Å². The standard InChI is InChI=1S/C12H19N3O/c1-10(16)15-12-5-3-11(4-6-12)9-14-8-2-7-13/h3-6,14H,2,7-9,13H2,1H3,(H,15,16). The lowest BCUT2D eigenvalue weighted by atomic mass is 10.2. The molecule has 0 bridgehead atoms. The first-order valence-electron chi connectivity index (χ1n) is 5.49. The van der Waals surface area contributed by atoms with Crippen molar-refractivity contribution in [1.29, 1.82) is 0 Å². The SMILES string of the molecule is CC(=O)Nc1ccc(CNCCCN)cc1. The zero-order valence-electron chi connectivity index (χ0n) is 9.62. The molecule has 16 heavy (non-hydrogen) atoms. The molecule has 4 heteroatoms. The van der Waals surface area contributed by atoms with Gasteiger partial charge in [0.1, 0.15) is 0 Å². The average molecular weight is 221 g/mol. The van der Waals surface area contributed by atoms with Crippen LogP contribution in [0.3, 0.4) is 0 Å². The molecule has 4 N–H and O–H groups in total. The largest absolute Gasteiger partial charge is 0.330 e. The number of amides is 1. The molecular formula is C12H19N3O. The van der Waals surface area contributed by atoms with Crippen LogP contribution in [0.4, 0.5) is 5.69 Å². The normalized spacial score (nSPS) is 10.1. The predicted molar refractivity (Wildman–Crippen MR) is 66.1 cm³/mol. The minimum absolute atomic E-state index is 0.0474. The smallest absolute Gasteiger partial charge is 0.221 e. The molecule has 0 aliphatic rings. The quantitative estimate of drug-likeness (QED) is 0.630. The van der Waals surface area contributed by atoms with Gasteiger partial charge in [0.15, 0.2) is 0 Å². The van der Waals surface area contributed by atoms with Gasteiger partial charge in [-0.25, -0.2) is 0 Å². The Morgan fingerprint density at radius 3 is 2.56 bits per heavy atom. The molecule has 0 unspecified atom stereocenters. The molecule has 0 atom stereocenters. The van der Waals surface area contributed by atoms with Gasteiger partial charge in [-0.3, -0.25) is 4.79 Å². The molecule has 0 saturated heterocycles. The van der Waals surface area contributed by atoms with Gasteiger partial charge < -0.3 is 16.4 Å². The summed E-state index contributed by atoms with van der Waals surface area (Å²) in [4.78, 5) is 10.8. The lowest BCUT2D eigenvalue weighted by Gasteiger charge is -2.06. The molecule has 4 nitrogen and oxygen atoms in total. The molecule has 0 saturated carbocycles. The van der Waals surface area contributed by atoms with E-state index in [1.165, 1.54) is 12.5 Å². The molecule has 1 rings (SSSR count). The van der Waals surface area contributed by atoms with E-state index in [4.69, 9.17) is 5.73 Å². The Morgan fingerprint density at radius 1 is 1.31 bits per heavy atom. The maximum atomic E-state index is 10.8. The van der Waals surface area contributed by atoms with Crippen molar-refractivity contribution in [3.63, 3.8) is 0 Å². The second-order valence-corrected chi connectivity index (χ2v) is 3.70. The zero-order valence-corrected chi connectivity index (χ0v) is 9.62. The van der Waals surface area contributed by atoms with Crippen LogP contribution in [-0.4, -0.2) is 19.0 Å². The molecule has 1 amide bonds. The van der Waals surface area contributed by atoms with Crippen LogP contribution in [0, 0.1) is 0 Å². The first kappa shape index (κ1) is 12.7. The van der Waals surface area contributed by atoms with E-state index in [0.29, 0.717) is 6.54 Å². The van der Waals surface area contributed by atoms with Gasteiger partial charge in [-0.05, 0) is 37.2 Å². The summed E-state index contributed by atoms with van der Waals surface area (Å²) in [6, 6.07) is 7.81. The molecule has 0 aromatic heterocycles. The summed E-state index contributed by atoms with van der Waals surface area (Å²) in [6.07, 6.45) is 0.990. The zero-order chi connectivity index (χ0) is 11.8. The van der Waals surface area contributed by atoms with Crippen molar-refractivity contribution < 1.29 is 4.79 Å². The van der Waals surface area contributed by atoms with E-state index in [1.807, 2.05) is 24.3 Å². The minimum Gasteiger partial charge on any atom is -0.330 e. The Kier molecular flexibility index (Phi) is 5.53. The molecule has 0 aliphatic heterocycles. The average Bonchev–Trinajstić information content (AvgIpc) is 2.26. The van der Waals surface area contributed by atoms with Crippen LogP contribution in [0.1, 0.15) is 18.9 Å². The van der Waals surface area contributed by atoms with Gasteiger partial charge in [-0.1, -0.05) is 12.1 Å². The molecule has 0 fully saturated rings. The van der Waals surface area contributed by atoms with Gasteiger partial charge in [0.25, 0.3) is 0 Å². The van der Waals surface area contributed by atoms with Crippen LogP contribution in [0.2, 0.25) is 0 Å². The molecule has 0 spiro atoms. The Labute approximate surface area is 96.2 Å². The van der Waals surface area contributed by atoms with Gasteiger partial charge in [0.2, 0.25) is 5.91 Å². The van der Waals surface area contributed by atoms with Crippen molar-refractivity contribution in [2.75, 3.05) is 18.4 Å². The molecule has 1 aromatic carbocycles. The summed E-state index contributed by atoms with van der Waals surface area (Å²) in [5.74, 6) is -0.0474. The number of nitrogens with two attached hydrogens (primary N) is 1. The lowest BCUT2D eigenvalue weighted by Crippen LogP contribution is -2.17. The van der Waals surface area contributed by atoms with Crippen LogP contribution < -0.4 is 16.4 Å². The van der Waals surface area contributed by atoms with Gasteiger partial charge in [0.05, 0.1) is 0 Å². The monoisotopic (exact) mass is 221 g/mol. The molecule has 0 heterocycles. The second-order valence-electron chi connectivity index (χ2n) is 3.70. The van der Waals surface area contributed by atoms with E-state index in [0.717, 1.165) is 25.2 Å². The topological polar surface area (TPSA) is 67.2 Å². The third-order valence-corrected chi connectivity index (χ3v) is 2.16. The molecular weight excluding hydrogens is 202 g/mol. The number of carbonyl (C=O) groups is 1. The van der Waals surface area contributed by atoms with Crippen LogP contribution in [-0.2, 0) is 11.3 Å². The second kappa shape index (κ2) is 6.98. The Hall–Kier alpha value is -1.39. The molecule has 1 aromatic rings.